The van der Waals surface area contributed by atoms with Crippen molar-refractivity contribution in [1.29, 1.82) is 0 Å². The summed E-state index contributed by atoms with van der Waals surface area (Å²) in [6.07, 6.45) is -3.59. The van der Waals surface area contributed by atoms with E-state index >= 15 is 0 Å². The van der Waals surface area contributed by atoms with Crippen LogP contribution in [0.4, 0.5) is 13.2 Å². The highest BCUT2D eigenvalue weighted by atomic mass is 19.3. The third kappa shape index (κ3) is 3.08. The minimum Gasteiger partial charge on any atom is -0.395 e. The predicted molar refractivity (Wildman–Crippen MR) is 48.2 cm³/mol. The number of ether oxygens (including phenoxy) is 1. The summed E-state index contributed by atoms with van der Waals surface area (Å²) < 4.78 is 40.0. The van der Waals surface area contributed by atoms with Gasteiger partial charge in [-0.15, -0.1) is 0 Å². The zero-order chi connectivity index (χ0) is 12.2. The lowest BCUT2D eigenvalue weighted by molar-refractivity contribution is -0.209. The third-order valence-electron chi connectivity index (χ3n) is 1.68. The molecule has 1 aromatic rings. The average molecular weight is 232 g/mol. The van der Waals surface area contributed by atoms with E-state index in [1.54, 1.807) is 0 Å². The van der Waals surface area contributed by atoms with E-state index in [1.807, 2.05) is 0 Å². The summed E-state index contributed by atoms with van der Waals surface area (Å²) in [6.45, 7) is -2.08. The molecule has 0 heterocycles. The maximum atomic E-state index is 12.4. The molecule has 0 bridgehead atoms. The van der Waals surface area contributed by atoms with Crippen LogP contribution in [0, 0.1) is 0 Å². The first-order chi connectivity index (χ1) is 7.48. The molecule has 3 nitrogen and oxygen atoms in total. The summed E-state index contributed by atoms with van der Waals surface area (Å²) in [5.74, 6) is -1.35. The Labute approximate surface area is 88.8 Å². The summed E-state index contributed by atoms with van der Waals surface area (Å²) >= 11 is 0. The maximum Gasteiger partial charge on any atom is 0.429 e. The molecule has 16 heavy (non-hydrogen) atoms. The van der Waals surface area contributed by atoms with E-state index in [4.69, 9.17) is 0 Å². The van der Waals surface area contributed by atoms with Crippen LogP contribution in [0.15, 0.2) is 24.3 Å². The fourth-order valence-electron chi connectivity index (χ4n) is 0.920. The Balaban J connectivity index is 2.77. The SMILES string of the molecule is O=Cc1ccc(C(=O)OC(F)(F)CF)cc1. The Morgan fingerprint density at radius 3 is 2.31 bits per heavy atom. The Bertz CT molecular complexity index is 387. The Morgan fingerprint density at radius 1 is 1.31 bits per heavy atom. The molecule has 0 N–H and O–H groups in total. The van der Waals surface area contributed by atoms with Gasteiger partial charge in [0.2, 0.25) is 0 Å². The van der Waals surface area contributed by atoms with Crippen molar-refractivity contribution in [2.45, 2.75) is 6.11 Å². The maximum absolute atomic E-state index is 12.4. The molecular formula is C10H7F3O3. The zero-order valence-corrected chi connectivity index (χ0v) is 7.95. The molecule has 0 aliphatic heterocycles. The van der Waals surface area contributed by atoms with Crippen molar-refractivity contribution in [2.75, 3.05) is 6.67 Å². The van der Waals surface area contributed by atoms with E-state index in [1.165, 1.54) is 12.1 Å². The first-order valence-corrected chi connectivity index (χ1v) is 4.21. The van der Waals surface area contributed by atoms with Crippen molar-refractivity contribution in [2.24, 2.45) is 0 Å². The molecule has 0 atom stereocenters. The molecule has 0 fully saturated rings. The number of halogens is 3. The van der Waals surface area contributed by atoms with Gasteiger partial charge in [0.05, 0.1) is 5.56 Å². The van der Waals surface area contributed by atoms with Crippen molar-refractivity contribution in [3.63, 3.8) is 0 Å². The monoisotopic (exact) mass is 232 g/mol. The molecule has 1 rings (SSSR count). The smallest absolute Gasteiger partial charge is 0.395 e. The van der Waals surface area contributed by atoms with Crippen molar-refractivity contribution >= 4 is 12.3 Å². The van der Waals surface area contributed by atoms with Gasteiger partial charge in [0.25, 0.3) is 0 Å². The Kier molecular flexibility index (Phi) is 3.65. The van der Waals surface area contributed by atoms with E-state index in [9.17, 15) is 22.8 Å². The molecule has 86 valence electrons. The van der Waals surface area contributed by atoms with Gasteiger partial charge < -0.3 is 4.74 Å². The van der Waals surface area contributed by atoms with Gasteiger partial charge in [-0.2, -0.15) is 8.78 Å². The highest BCUT2D eigenvalue weighted by Gasteiger charge is 2.34. The minimum atomic E-state index is -4.12. The summed E-state index contributed by atoms with van der Waals surface area (Å²) in [5.41, 5.74) is 0.104. The first-order valence-electron chi connectivity index (χ1n) is 4.21. The van der Waals surface area contributed by atoms with Gasteiger partial charge in [0.1, 0.15) is 6.29 Å². The number of aldehydes is 1. The van der Waals surface area contributed by atoms with Crippen LogP contribution in [0.5, 0.6) is 0 Å². The first kappa shape index (κ1) is 12.2. The molecule has 0 unspecified atom stereocenters. The molecule has 0 spiro atoms. The van der Waals surface area contributed by atoms with Crippen molar-refractivity contribution in [3.8, 4) is 0 Å². The second-order valence-corrected chi connectivity index (χ2v) is 2.90. The van der Waals surface area contributed by atoms with Gasteiger partial charge in [0.15, 0.2) is 6.67 Å². The van der Waals surface area contributed by atoms with Crippen molar-refractivity contribution in [1.82, 2.24) is 0 Å². The molecular weight excluding hydrogens is 225 g/mol. The fourth-order valence-corrected chi connectivity index (χ4v) is 0.920. The van der Waals surface area contributed by atoms with Crippen LogP contribution in [0.3, 0.4) is 0 Å². The molecule has 0 saturated carbocycles. The average Bonchev–Trinajstić information content (AvgIpc) is 2.28. The van der Waals surface area contributed by atoms with Gasteiger partial charge >= 0.3 is 12.1 Å². The van der Waals surface area contributed by atoms with Gasteiger partial charge in [0, 0.05) is 5.56 Å². The number of hydrogen-bond acceptors (Lipinski definition) is 3. The number of rotatable bonds is 4. The van der Waals surface area contributed by atoms with Gasteiger partial charge in [-0.25, -0.2) is 9.18 Å². The van der Waals surface area contributed by atoms with Crippen LogP contribution < -0.4 is 0 Å². The standard InChI is InChI=1S/C10H7F3O3/c11-6-10(12,13)16-9(15)8-3-1-7(5-14)2-4-8/h1-5H,6H2. The number of carbonyl (C=O) groups is 2. The summed E-state index contributed by atoms with van der Waals surface area (Å²) in [7, 11) is 0. The normalized spacial score (nSPS) is 10.9. The summed E-state index contributed by atoms with van der Waals surface area (Å²) in [5, 5.41) is 0. The number of esters is 1. The van der Waals surface area contributed by atoms with Gasteiger partial charge in [-0.05, 0) is 12.1 Å². The molecule has 0 radical (unpaired) electrons. The zero-order valence-electron chi connectivity index (χ0n) is 7.95. The van der Waals surface area contributed by atoms with Gasteiger partial charge in [-0.3, -0.25) is 4.79 Å². The molecule has 0 aliphatic rings. The van der Waals surface area contributed by atoms with Crippen LogP contribution >= 0.6 is 0 Å². The highest BCUT2D eigenvalue weighted by Crippen LogP contribution is 2.18. The molecule has 0 aliphatic carbocycles. The number of alkyl halides is 3. The number of benzene rings is 1. The number of carbonyl (C=O) groups excluding carboxylic acids is 2. The van der Waals surface area contributed by atoms with Crippen LogP contribution in [0.1, 0.15) is 20.7 Å². The lowest BCUT2D eigenvalue weighted by Crippen LogP contribution is -2.27. The lowest BCUT2D eigenvalue weighted by Gasteiger charge is -2.12. The largest absolute Gasteiger partial charge is 0.429 e. The summed E-state index contributed by atoms with van der Waals surface area (Å²) in [4.78, 5) is 21.3. The van der Waals surface area contributed by atoms with Gasteiger partial charge in [-0.1, -0.05) is 12.1 Å². The van der Waals surface area contributed by atoms with Crippen molar-refractivity contribution in [3.05, 3.63) is 35.4 Å². The van der Waals surface area contributed by atoms with Crippen LogP contribution in [0.25, 0.3) is 0 Å². The molecule has 0 aromatic heterocycles. The third-order valence-corrected chi connectivity index (χ3v) is 1.68. The topological polar surface area (TPSA) is 43.4 Å². The van der Waals surface area contributed by atoms with Crippen molar-refractivity contribution < 1.29 is 27.5 Å². The Hall–Kier alpha value is -1.85. The molecule has 1 aromatic carbocycles. The second kappa shape index (κ2) is 4.78. The van der Waals surface area contributed by atoms with Crippen LogP contribution in [-0.4, -0.2) is 25.0 Å². The quantitative estimate of drug-likeness (QED) is 0.590. The summed E-state index contributed by atoms with van der Waals surface area (Å²) in [6, 6.07) is 4.80. The Morgan fingerprint density at radius 2 is 1.88 bits per heavy atom. The van der Waals surface area contributed by atoms with E-state index < -0.39 is 18.8 Å². The molecule has 0 saturated heterocycles. The van der Waals surface area contributed by atoms with Crippen LogP contribution in [-0.2, 0) is 4.74 Å². The fraction of sp³-hybridized carbons (Fsp3) is 0.200. The van der Waals surface area contributed by atoms with Crippen LogP contribution in [0.2, 0.25) is 0 Å². The lowest BCUT2D eigenvalue weighted by atomic mass is 10.1. The highest BCUT2D eigenvalue weighted by molar-refractivity contribution is 5.90. The molecule has 0 amide bonds. The molecule has 6 heteroatoms. The van der Waals surface area contributed by atoms with E-state index in [-0.39, 0.29) is 11.1 Å². The van der Waals surface area contributed by atoms with E-state index in [0.717, 1.165) is 12.1 Å². The van der Waals surface area contributed by atoms with E-state index in [2.05, 4.69) is 4.74 Å². The second-order valence-electron chi connectivity index (χ2n) is 2.90. The minimum absolute atomic E-state index is 0.182. The number of hydrogen-bond donors (Lipinski definition) is 0. The van der Waals surface area contributed by atoms with E-state index in [0.29, 0.717) is 6.29 Å². The predicted octanol–water partition coefficient (Wildman–Crippen LogP) is 2.22.